The Morgan fingerprint density at radius 2 is 1.82 bits per heavy atom. The first-order chi connectivity index (χ1) is 16.1. The summed E-state index contributed by atoms with van der Waals surface area (Å²) in [5.74, 6) is 1.96. The van der Waals surface area contributed by atoms with Gasteiger partial charge in [0, 0.05) is 23.4 Å². The number of piperidine rings is 1. The van der Waals surface area contributed by atoms with Crippen LogP contribution >= 0.6 is 23.4 Å². The van der Waals surface area contributed by atoms with E-state index in [0.29, 0.717) is 21.4 Å². The van der Waals surface area contributed by atoms with Gasteiger partial charge in [0.25, 0.3) is 5.91 Å². The summed E-state index contributed by atoms with van der Waals surface area (Å²) in [6, 6.07) is 7.31. The molecule has 2 atom stereocenters. The van der Waals surface area contributed by atoms with Gasteiger partial charge < -0.3 is 9.64 Å². The third kappa shape index (κ3) is 7.53. The second kappa shape index (κ2) is 12.7. The number of rotatable bonds is 6. The minimum Gasteiger partial charge on any atom is -0.484 e. The summed E-state index contributed by atoms with van der Waals surface area (Å²) in [6.07, 6.45) is 17.3. The lowest BCUT2D eigenvalue weighted by atomic mass is 9.71. The Kier molecular flexibility index (Phi) is 9.69. The van der Waals surface area contributed by atoms with E-state index in [4.69, 9.17) is 16.3 Å². The van der Waals surface area contributed by atoms with Gasteiger partial charge in [-0.3, -0.25) is 10.1 Å². The number of ether oxygens (including phenoxy) is 1. The molecule has 1 saturated carbocycles. The van der Waals surface area contributed by atoms with Crippen LogP contribution in [-0.2, 0) is 4.79 Å². The van der Waals surface area contributed by atoms with E-state index in [2.05, 4.69) is 10.2 Å². The van der Waals surface area contributed by atoms with Crippen molar-refractivity contribution in [1.82, 2.24) is 10.2 Å². The zero-order valence-electron chi connectivity index (χ0n) is 20.0. The average Bonchev–Trinajstić information content (AvgIpc) is 3.34. The molecule has 1 aliphatic carbocycles. The predicted octanol–water partition coefficient (Wildman–Crippen LogP) is 6.66. The Bertz CT molecular complexity index is 735. The molecule has 0 aromatic heterocycles. The maximum atomic E-state index is 13.4. The molecule has 1 aromatic rings. The van der Waals surface area contributed by atoms with Crippen molar-refractivity contribution in [2.75, 3.05) is 25.4 Å². The van der Waals surface area contributed by atoms with Gasteiger partial charge in [0.05, 0.1) is 6.17 Å². The summed E-state index contributed by atoms with van der Waals surface area (Å²) in [5.41, 5.74) is 0.432. The van der Waals surface area contributed by atoms with Crippen LogP contribution in [0.4, 0.5) is 0 Å². The summed E-state index contributed by atoms with van der Waals surface area (Å²) in [7, 11) is 0. The first-order valence-corrected chi connectivity index (χ1v) is 14.6. The van der Waals surface area contributed by atoms with E-state index in [0.717, 1.165) is 19.5 Å². The molecule has 2 heterocycles. The number of hydrogen-bond acceptors (Lipinski definition) is 4. The first-order valence-electron chi connectivity index (χ1n) is 13.2. The molecule has 1 aromatic carbocycles. The molecule has 2 aliphatic heterocycles. The lowest BCUT2D eigenvalue weighted by Crippen LogP contribution is -2.57. The molecule has 4 nitrogen and oxygen atoms in total. The van der Waals surface area contributed by atoms with E-state index in [1.54, 1.807) is 6.07 Å². The fourth-order valence-corrected chi connectivity index (χ4v) is 7.31. The largest absolute Gasteiger partial charge is 0.484 e. The summed E-state index contributed by atoms with van der Waals surface area (Å²) in [5, 5.41) is 5.02. The van der Waals surface area contributed by atoms with Crippen molar-refractivity contribution < 1.29 is 9.53 Å². The molecule has 4 rings (SSSR count). The lowest BCUT2D eigenvalue weighted by molar-refractivity contribution is -0.137. The molecular weight excluding hydrogens is 452 g/mol. The van der Waals surface area contributed by atoms with E-state index < -0.39 is 0 Å². The van der Waals surface area contributed by atoms with E-state index in [-0.39, 0.29) is 18.7 Å². The average molecular weight is 493 g/mol. The van der Waals surface area contributed by atoms with Crippen molar-refractivity contribution in [2.24, 2.45) is 5.41 Å². The Labute approximate surface area is 209 Å². The maximum absolute atomic E-state index is 13.4. The van der Waals surface area contributed by atoms with Gasteiger partial charge in [0.2, 0.25) is 0 Å². The number of halogens is 1. The van der Waals surface area contributed by atoms with Gasteiger partial charge in [-0.05, 0) is 67.9 Å². The first kappa shape index (κ1) is 25.2. The topological polar surface area (TPSA) is 41.6 Å². The van der Waals surface area contributed by atoms with E-state index in [1.807, 2.05) is 30.0 Å². The summed E-state index contributed by atoms with van der Waals surface area (Å²) in [4.78, 5) is 15.5. The van der Waals surface area contributed by atoms with Crippen molar-refractivity contribution in [1.29, 1.82) is 0 Å². The van der Waals surface area contributed by atoms with Crippen LogP contribution in [0.3, 0.4) is 0 Å². The highest BCUT2D eigenvalue weighted by atomic mass is 35.5. The molecule has 33 heavy (non-hydrogen) atoms. The normalized spacial score (nSPS) is 26.1. The molecule has 1 N–H and O–H groups in total. The lowest BCUT2D eigenvalue weighted by Gasteiger charge is -2.45. The van der Waals surface area contributed by atoms with Crippen LogP contribution in [0, 0.1) is 5.41 Å². The summed E-state index contributed by atoms with van der Waals surface area (Å²) >= 11 is 8.10. The number of thioether (sulfide) groups is 1. The third-order valence-corrected chi connectivity index (χ3v) is 9.47. The van der Waals surface area contributed by atoms with Crippen LogP contribution in [0.15, 0.2) is 24.3 Å². The van der Waals surface area contributed by atoms with Gasteiger partial charge in [-0.2, -0.15) is 11.8 Å². The molecule has 0 bridgehead atoms. The minimum absolute atomic E-state index is 0.0705. The van der Waals surface area contributed by atoms with E-state index in [9.17, 15) is 4.79 Å². The van der Waals surface area contributed by atoms with Gasteiger partial charge in [-0.15, -0.1) is 0 Å². The zero-order valence-corrected chi connectivity index (χ0v) is 21.6. The number of benzene rings is 1. The van der Waals surface area contributed by atoms with E-state index >= 15 is 0 Å². The number of amides is 1. The molecule has 1 amide bonds. The molecule has 2 saturated heterocycles. The van der Waals surface area contributed by atoms with Gasteiger partial charge in [-0.1, -0.05) is 62.6 Å². The fourth-order valence-electron chi connectivity index (χ4n) is 5.86. The van der Waals surface area contributed by atoms with Gasteiger partial charge in [-0.25, -0.2) is 0 Å². The third-order valence-electron chi connectivity index (χ3n) is 7.85. The van der Waals surface area contributed by atoms with Crippen LogP contribution in [0.2, 0.25) is 5.02 Å². The zero-order chi connectivity index (χ0) is 22.9. The molecule has 184 valence electrons. The fraction of sp³-hybridized carbons (Fsp3) is 0.741. The Morgan fingerprint density at radius 3 is 2.45 bits per heavy atom. The van der Waals surface area contributed by atoms with Gasteiger partial charge in [0.15, 0.2) is 6.61 Å². The van der Waals surface area contributed by atoms with Crippen LogP contribution in [0.25, 0.3) is 0 Å². The highest BCUT2D eigenvalue weighted by Crippen LogP contribution is 2.40. The second-order valence-electron chi connectivity index (χ2n) is 10.3. The smallest absolute Gasteiger partial charge is 0.261 e. The Morgan fingerprint density at radius 1 is 1.06 bits per heavy atom. The van der Waals surface area contributed by atoms with Crippen molar-refractivity contribution in [3.05, 3.63) is 29.3 Å². The molecule has 2 unspecified atom stereocenters. The van der Waals surface area contributed by atoms with Gasteiger partial charge in [0.1, 0.15) is 5.75 Å². The highest BCUT2D eigenvalue weighted by molar-refractivity contribution is 8.00. The van der Waals surface area contributed by atoms with E-state index in [1.165, 1.54) is 82.8 Å². The molecule has 3 fully saturated rings. The molecule has 1 spiro atoms. The molecule has 3 aliphatic rings. The summed E-state index contributed by atoms with van der Waals surface area (Å²) < 4.78 is 5.84. The predicted molar refractivity (Wildman–Crippen MR) is 139 cm³/mol. The van der Waals surface area contributed by atoms with Crippen molar-refractivity contribution >= 4 is 29.3 Å². The van der Waals surface area contributed by atoms with Crippen LogP contribution in [0.1, 0.15) is 83.5 Å². The Hall–Kier alpha value is -0.910. The number of nitrogens with zero attached hydrogens (tertiary/aromatic N) is 1. The SMILES string of the molecule is O=C(COc1cccc(Cl)c1)N(CC1CCCS1)C1CCC2(CCCCCCCCC2)CN1. The number of nitrogens with one attached hydrogen (secondary N) is 1. The van der Waals surface area contributed by atoms with Crippen LogP contribution < -0.4 is 10.1 Å². The molecule has 6 heteroatoms. The number of carbonyl (C=O) groups is 1. The van der Waals surface area contributed by atoms with Crippen molar-refractivity contribution in [3.8, 4) is 5.75 Å². The quantitative estimate of drug-likeness (QED) is 0.481. The molecule has 0 radical (unpaired) electrons. The monoisotopic (exact) mass is 492 g/mol. The number of carbonyl (C=O) groups excluding carboxylic acids is 1. The summed E-state index contributed by atoms with van der Waals surface area (Å²) in [6.45, 7) is 1.95. The van der Waals surface area contributed by atoms with Crippen LogP contribution in [-0.4, -0.2) is 47.7 Å². The van der Waals surface area contributed by atoms with Crippen molar-refractivity contribution in [2.45, 2.75) is 94.9 Å². The van der Waals surface area contributed by atoms with Gasteiger partial charge >= 0.3 is 0 Å². The molecular formula is C27H41ClN2O2S. The number of hydrogen-bond donors (Lipinski definition) is 1. The van der Waals surface area contributed by atoms with Crippen LogP contribution in [0.5, 0.6) is 5.75 Å². The Balaban J connectivity index is 1.37. The maximum Gasteiger partial charge on any atom is 0.261 e. The highest BCUT2D eigenvalue weighted by Gasteiger charge is 2.38. The standard InChI is InChI=1S/C27H41ClN2O2S/c28-22-10-8-11-23(18-22)32-20-26(31)30(19-24-12-9-17-33-24)25-13-16-27(21-29-25)14-6-4-2-1-3-5-7-15-27/h8,10-11,18,24-25,29H,1-7,9,12-17,19-21H2. The van der Waals surface area contributed by atoms with Crippen molar-refractivity contribution in [3.63, 3.8) is 0 Å². The second-order valence-corrected chi connectivity index (χ2v) is 12.2. The minimum atomic E-state index is 0.0705.